The van der Waals surface area contributed by atoms with Crippen molar-refractivity contribution in [1.29, 1.82) is 0 Å². The Bertz CT molecular complexity index is 758. The van der Waals surface area contributed by atoms with Gasteiger partial charge in [-0.2, -0.15) is 0 Å². The van der Waals surface area contributed by atoms with Gasteiger partial charge in [0.1, 0.15) is 5.82 Å². The van der Waals surface area contributed by atoms with Gasteiger partial charge in [0.25, 0.3) is 5.91 Å². The lowest BCUT2D eigenvalue weighted by Gasteiger charge is -2.08. The monoisotopic (exact) mass is 332 g/mol. The van der Waals surface area contributed by atoms with Crippen molar-refractivity contribution in [3.63, 3.8) is 0 Å². The van der Waals surface area contributed by atoms with Crippen LogP contribution in [0.25, 0.3) is 0 Å². The molecule has 0 spiro atoms. The van der Waals surface area contributed by atoms with Crippen molar-refractivity contribution < 1.29 is 14.0 Å². The molecule has 0 heterocycles. The van der Waals surface area contributed by atoms with Crippen LogP contribution in [-0.2, 0) is 4.79 Å². The summed E-state index contributed by atoms with van der Waals surface area (Å²) in [5, 5.41) is 5.39. The predicted octanol–water partition coefficient (Wildman–Crippen LogP) is 4.08. The molecule has 4 nitrogen and oxygen atoms in total. The number of hydrogen-bond acceptors (Lipinski definition) is 2. The van der Waals surface area contributed by atoms with Crippen LogP contribution >= 0.6 is 11.6 Å². The first kappa shape index (κ1) is 15.5. The second-order valence-electron chi connectivity index (χ2n) is 5.42. The average Bonchev–Trinajstić information content (AvgIpc) is 3.36. The number of hydrogen-bond donors (Lipinski definition) is 2. The third-order valence-electron chi connectivity index (χ3n) is 3.54. The fourth-order valence-electron chi connectivity index (χ4n) is 2.07. The van der Waals surface area contributed by atoms with E-state index >= 15 is 0 Å². The van der Waals surface area contributed by atoms with Crippen molar-refractivity contribution in [2.45, 2.75) is 12.8 Å². The Labute approximate surface area is 137 Å². The van der Waals surface area contributed by atoms with Crippen LogP contribution in [0.15, 0.2) is 42.5 Å². The standard InChI is InChI=1S/C17H14ClFN2O2/c18-14-9-13(7-8-15(14)19)21-17(23)11-3-5-12(6-4-11)20-16(22)10-1-2-10/h3-10H,1-2H2,(H,20,22)(H,21,23). The van der Waals surface area contributed by atoms with Crippen LogP contribution in [0.4, 0.5) is 15.8 Å². The Hall–Kier alpha value is -2.40. The molecule has 3 rings (SSSR count). The molecule has 6 heteroatoms. The van der Waals surface area contributed by atoms with Gasteiger partial charge in [-0.1, -0.05) is 11.6 Å². The summed E-state index contributed by atoms with van der Waals surface area (Å²) >= 11 is 5.68. The minimum absolute atomic E-state index is 0.0168. The Morgan fingerprint density at radius 3 is 2.26 bits per heavy atom. The molecule has 1 aliphatic rings. The number of amides is 2. The van der Waals surface area contributed by atoms with Gasteiger partial charge in [-0.25, -0.2) is 4.39 Å². The lowest BCUT2D eigenvalue weighted by atomic mass is 10.2. The van der Waals surface area contributed by atoms with E-state index in [9.17, 15) is 14.0 Å². The maximum absolute atomic E-state index is 13.1. The zero-order valence-corrected chi connectivity index (χ0v) is 12.9. The molecule has 0 radical (unpaired) electrons. The topological polar surface area (TPSA) is 58.2 Å². The first-order chi connectivity index (χ1) is 11.0. The van der Waals surface area contributed by atoms with Crippen LogP contribution < -0.4 is 10.6 Å². The van der Waals surface area contributed by atoms with Gasteiger partial charge in [-0.05, 0) is 55.3 Å². The third kappa shape index (κ3) is 3.87. The molecule has 23 heavy (non-hydrogen) atoms. The van der Waals surface area contributed by atoms with Gasteiger partial charge >= 0.3 is 0 Å². The lowest BCUT2D eigenvalue weighted by Crippen LogP contribution is -2.14. The normalized spacial score (nSPS) is 13.5. The molecule has 2 aromatic carbocycles. The van der Waals surface area contributed by atoms with Crippen molar-refractivity contribution in [2.24, 2.45) is 5.92 Å². The summed E-state index contributed by atoms with van der Waals surface area (Å²) in [4.78, 5) is 23.8. The molecule has 0 bridgehead atoms. The Morgan fingerprint density at radius 2 is 1.65 bits per heavy atom. The maximum atomic E-state index is 13.1. The molecule has 0 aliphatic heterocycles. The first-order valence-corrected chi connectivity index (χ1v) is 7.58. The third-order valence-corrected chi connectivity index (χ3v) is 3.83. The molecule has 2 aromatic rings. The van der Waals surface area contributed by atoms with Crippen molar-refractivity contribution in [2.75, 3.05) is 10.6 Å². The van der Waals surface area contributed by atoms with Crippen molar-refractivity contribution in [1.82, 2.24) is 0 Å². The zero-order valence-electron chi connectivity index (χ0n) is 12.1. The summed E-state index contributed by atoms with van der Waals surface area (Å²) in [5.41, 5.74) is 1.49. The molecule has 2 N–H and O–H groups in total. The van der Waals surface area contributed by atoms with Gasteiger partial charge in [-0.15, -0.1) is 0 Å². The van der Waals surface area contributed by atoms with E-state index in [1.807, 2.05) is 0 Å². The zero-order chi connectivity index (χ0) is 16.4. The number of rotatable bonds is 4. The number of nitrogens with one attached hydrogen (secondary N) is 2. The highest BCUT2D eigenvalue weighted by Crippen LogP contribution is 2.30. The Kier molecular flexibility index (Phi) is 4.30. The highest BCUT2D eigenvalue weighted by molar-refractivity contribution is 6.31. The van der Waals surface area contributed by atoms with Gasteiger partial charge in [0.05, 0.1) is 5.02 Å². The van der Waals surface area contributed by atoms with E-state index in [1.165, 1.54) is 18.2 Å². The fraction of sp³-hybridized carbons (Fsp3) is 0.176. The van der Waals surface area contributed by atoms with Crippen LogP contribution in [0.5, 0.6) is 0 Å². The number of benzene rings is 2. The Balaban J connectivity index is 1.64. The van der Waals surface area contributed by atoms with E-state index in [0.717, 1.165) is 12.8 Å². The van der Waals surface area contributed by atoms with Crippen LogP contribution in [0.1, 0.15) is 23.2 Å². The maximum Gasteiger partial charge on any atom is 0.255 e. The fourth-order valence-corrected chi connectivity index (χ4v) is 2.25. The van der Waals surface area contributed by atoms with Gasteiger partial charge in [0.15, 0.2) is 0 Å². The van der Waals surface area contributed by atoms with Gasteiger partial charge in [-0.3, -0.25) is 9.59 Å². The number of carbonyl (C=O) groups excluding carboxylic acids is 2. The van der Waals surface area contributed by atoms with Crippen LogP contribution in [0.3, 0.4) is 0 Å². The number of halogens is 2. The molecule has 1 fully saturated rings. The van der Waals surface area contributed by atoms with E-state index in [-0.39, 0.29) is 22.8 Å². The molecule has 2 amide bonds. The van der Waals surface area contributed by atoms with Crippen molar-refractivity contribution in [3.05, 3.63) is 58.9 Å². The minimum Gasteiger partial charge on any atom is -0.326 e. The Morgan fingerprint density at radius 1 is 1.00 bits per heavy atom. The summed E-state index contributed by atoms with van der Waals surface area (Å²) in [6, 6.07) is 10.5. The summed E-state index contributed by atoms with van der Waals surface area (Å²) < 4.78 is 13.1. The minimum atomic E-state index is -0.541. The van der Waals surface area contributed by atoms with Crippen LogP contribution in [0.2, 0.25) is 5.02 Å². The first-order valence-electron chi connectivity index (χ1n) is 7.20. The summed E-state index contributed by atoms with van der Waals surface area (Å²) in [5.74, 6) is -0.738. The van der Waals surface area contributed by atoms with Gasteiger partial charge in [0.2, 0.25) is 5.91 Å². The summed E-state index contributed by atoms with van der Waals surface area (Å²) in [6.45, 7) is 0. The lowest BCUT2D eigenvalue weighted by molar-refractivity contribution is -0.117. The second kappa shape index (κ2) is 6.38. The quantitative estimate of drug-likeness (QED) is 0.886. The van der Waals surface area contributed by atoms with E-state index in [4.69, 9.17) is 11.6 Å². The van der Waals surface area contributed by atoms with Gasteiger partial charge < -0.3 is 10.6 Å². The number of carbonyl (C=O) groups is 2. The molecule has 1 saturated carbocycles. The molecule has 0 unspecified atom stereocenters. The number of anilines is 2. The smallest absolute Gasteiger partial charge is 0.255 e. The largest absolute Gasteiger partial charge is 0.326 e. The van der Waals surface area contributed by atoms with Crippen LogP contribution in [0, 0.1) is 11.7 Å². The second-order valence-corrected chi connectivity index (χ2v) is 5.83. The molecule has 0 saturated heterocycles. The predicted molar refractivity (Wildman–Crippen MR) is 87.2 cm³/mol. The molecule has 118 valence electrons. The average molecular weight is 333 g/mol. The van der Waals surface area contributed by atoms with E-state index < -0.39 is 5.82 Å². The van der Waals surface area contributed by atoms with Gasteiger partial charge in [0, 0.05) is 22.9 Å². The molecule has 0 atom stereocenters. The molecule has 1 aliphatic carbocycles. The summed E-state index contributed by atoms with van der Waals surface area (Å²) in [7, 11) is 0. The molecular formula is C17H14ClFN2O2. The van der Waals surface area contributed by atoms with Crippen molar-refractivity contribution >= 4 is 34.8 Å². The van der Waals surface area contributed by atoms with Crippen LogP contribution in [-0.4, -0.2) is 11.8 Å². The van der Waals surface area contributed by atoms with E-state index in [1.54, 1.807) is 24.3 Å². The molecular weight excluding hydrogens is 319 g/mol. The van der Waals surface area contributed by atoms with Crippen molar-refractivity contribution in [3.8, 4) is 0 Å². The van der Waals surface area contributed by atoms with E-state index in [0.29, 0.717) is 16.9 Å². The highest BCUT2D eigenvalue weighted by atomic mass is 35.5. The SMILES string of the molecule is O=C(Nc1ccc(F)c(Cl)c1)c1ccc(NC(=O)C2CC2)cc1. The highest BCUT2D eigenvalue weighted by Gasteiger charge is 2.29. The molecule has 0 aromatic heterocycles. The van der Waals surface area contributed by atoms with E-state index in [2.05, 4.69) is 10.6 Å². The summed E-state index contributed by atoms with van der Waals surface area (Å²) in [6.07, 6.45) is 1.87.